The normalized spacial score (nSPS) is 11.7. The molecule has 0 aliphatic carbocycles. The zero-order valence-corrected chi connectivity index (χ0v) is 28.0. The maximum atomic E-state index is 9.98. The molecule has 0 bridgehead atoms. The lowest BCUT2D eigenvalue weighted by atomic mass is 10.0. The second kappa shape index (κ2) is 31.7. The van der Waals surface area contributed by atoms with Crippen LogP contribution in [0.25, 0.3) is 0 Å². The molecule has 0 fully saturated rings. The third-order valence-corrected chi connectivity index (χ3v) is 10.3. The molecule has 5 heteroatoms. The summed E-state index contributed by atoms with van der Waals surface area (Å²) in [6.45, 7) is 0.856. The second-order valence-corrected chi connectivity index (χ2v) is 20.3. The Labute approximate surface area is 249 Å². The van der Waals surface area contributed by atoms with E-state index in [1.165, 1.54) is 180 Å². The number of aliphatic imine (C=N–C) groups is 1. The Kier molecular flexibility index (Phi) is 31.8. The van der Waals surface area contributed by atoms with Crippen LogP contribution in [0.1, 0.15) is 186 Å². The van der Waals surface area contributed by atoms with E-state index in [1.807, 2.05) is 6.55 Å². The lowest BCUT2D eigenvalue weighted by Crippen LogP contribution is -2.11. The van der Waals surface area contributed by atoms with Gasteiger partial charge in [0.2, 0.25) is 12.8 Å². The van der Waals surface area contributed by atoms with Crippen molar-refractivity contribution in [1.29, 1.82) is 0 Å². The van der Waals surface area contributed by atoms with Crippen molar-refractivity contribution < 1.29 is 4.79 Å². The largest absolute Gasteiger partial charge is 0.248 e. The SMILES string of the molecule is C[Si](Cl)(Cl)CCCCCCCCCCCCCCCCCCCCCCCCCCCCCCCN=C=O. The third kappa shape index (κ3) is 36.2. The number of isocyanates is 1. The summed E-state index contributed by atoms with van der Waals surface area (Å²) in [6.07, 6.45) is 42.1. The van der Waals surface area contributed by atoms with Crippen molar-refractivity contribution in [1.82, 2.24) is 0 Å². The molecule has 0 rings (SSSR count). The van der Waals surface area contributed by atoms with Crippen LogP contribution >= 0.6 is 22.2 Å². The zero-order valence-electron chi connectivity index (χ0n) is 25.5. The van der Waals surface area contributed by atoms with Gasteiger partial charge in [-0.3, -0.25) is 0 Å². The van der Waals surface area contributed by atoms with Crippen LogP contribution in [0.5, 0.6) is 0 Å². The van der Waals surface area contributed by atoms with Gasteiger partial charge >= 0.3 is 0 Å². The Morgan fingerprint density at radius 3 is 0.842 bits per heavy atom. The Bertz CT molecular complexity index is 506. The van der Waals surface area contributed by atoms with Crippen molar-refractivity contribution >= 4 is 34.9 Å². The van der Waals surface area contributed by atoms with Crippen molar-refractivity contribution in [2.24, 2.45) is 4.99 Å². The number of carbonyl (C=O) groups excluding carboxylic acids is 1. The summed E-state index contributed by atoms with van der Waals surface area (Å²) in [5.74, 6) is 0. The van der Waals surface area contributed by atoms with Gasteiger partial charge < -0.3 is 0 Å². The highest BCUT2D eigenvalue weighted by Crippen LogP contribution is 2.23. The number of hydrogen-bond donors (Lipinski definition) is 0. The maximum Gasteiger partial charge on any atom is 0.248 e. The van der Waals surface area contributed by atoms with Gasteiger partial charge in [-0.25, -0.2) is 9.79 Å². The van der Waals surface area contributed by atoms with Crippen LogP contribution < -0.4 is 0 Å². The molecular formula is C33H65Cl2NOSi. The fourth-order valence-corrected chi connectivity index (χ4v) is 7.12. The predicted molar refractivity (Wildman–Crippen MR) is 175 cm³/mol. The summed E-state index contributed by atoms with van der Waals surface area (Å²) in [7, 11) is 0. The fraction of sp³-hybridized carbons (Fsp3) is 0.970. The van der Waals surface area contributed by atoms with Crippen LogP contribution in [-0.4, -0.2) is 19.3 Å². The van der Waals surface area contributed by atoms with E-state index in [0.29, 0.717) is 6.54 Å². The minimum atomic E-state index is -1.84. The van der Waals surface area contributed by atoms with E-state index >= 15 is 0 Å². The fourth-order valence-electron chi connectivity index (χ4n) is 5.44. The van der Waals surface area contributed by atoms with Crippen LogP contribution in [0.3, 0.4) is 0 Å². The molecule has 226 valence electrons. The first-order valence-corrected chi connectivity index (χ1v) is 21.7. The van der Waals surface area contributed by atoms with E-state index in [2.05, 4.69) is 4.99 Å². The Balaban J connectivity index is 3.05. The first kappa shape index (κ1) is 38.2. The van der Waals surface area contributed by atoms with Crippen molar-refractivity contribution in [2.45, 2.75) is 199 Å². The summed E-state index contributed by atoms with van der Waals surface area (Å²) in [4.78, 5) is 13.6. The predicted octanol–water partition coefficient (Wildman–Crippen LogP) is 13.2. The molecule has 0 spiro atoms. The van der Waals surface area contributed by atoms with E-state index in [4.69, 9.17) is 22.2 Å². The zero-order chi connectivity index (χ0) is 27.8. The Hall–Kier alpha value is 0.177. The van der Waals surface area contributed by atoms with Gasteiger partial charge in [0, 0.05) is 0 Å². The van der Waals surface area contributed by atoms with Crippen LogP contribution in [0, 0.1) is 0 Å². The lowest BCUT2D eigenvalue weighted by Gasteiger charge is -2.09. The summed E-state index contributed by atoms with van der Waals surface area (Å²) in [5.41, 5.74) is 0. The molecule has 0 heterocycles. The number of unbranched alkanes of at least 4 members (excludes halogenated alkanes) is 28. The van der Waals surface area contributed by atoms with Gasteiger partial charge in [-0.2, -0.15) is 0 Å². The van der Waals surface area contributed by atoms with Crippen molar-refractivity contribution in [3.05, 3.63) is 0 Å². The highest BCUT2D eigenvalue weighted by atomic mass is 35.7. The molecule has 0 unspecified atom stereocenters. The molecule has 38 heavy (non-hydrogen) atoms. The second-order valence-electron chi connectivity index (χ2n) is 12.0. The number of halogens is 2. The molecule has 0 aliphatic heterocycles. The van der Waals surface area contributed by atoms with E-state index in [-0.39, 0.29) is 0 Å². The van der Waals surface area contributed by atoms with Crippen LogP contribution in [0.2, 0.25) is 12.6 Å². The number of hydrogen-bond acceptors (Lipinski definition) is 2. The highest BCUT2D eigenvalue weighted by molar-refractivity contribution is 7.44. The van der Waals surface area contributed by atoms with E-state index < -0.39 is 6.69 Å². The van der Waals surface area contributed by atoms with E-state index in [9.17, 15) is 4.79 Å². The van der Waals surface area contributed by atoms with Gasteiger partial charge in [0.15, 0.2) is 0 Å². The molecule has 0 aromatic carbocycles. The topological polar surface area (TPSA) is 29.4 Å². The van der Waals surface area contributed by atoms with Gasteiger partial charge in [-0.05, 0) is 19.0 Å². The summed E-state index contributed by atoms with van der Waals surface area (Å²) < 4.78 is 0. The number of rotatable bonds is 32. The van der Waals surface area contributed by atoms with Gasteiger partial charge in [-0.15, -0.1) is 22.2 Å². The maximum absolute atomic E-state index is 9.98. The van der Waals surface area contributed by atoms with Crippen LogP contribution in [-0.2, 0) is 4.79 Å². The minimum absolute atomic E-state index is 0.666. The van der Waals surface area contributed by atoms with E-state index in [0.717, 1.165) is 12.5 Å². The van der Waals surface area contributed by atoms with Crippen LogP contribution in [0.4, 0.5) is 0 Å². The van der Waals surface area contributed by atoms with Crippen molar-refractivity contribution in [2.75, 3.05) is 6.54 Å². The molecule has 0 amide bonds. The van der Waals surface area contributed by atoms with Crippen LogP contribution in [0.15, 0.2) is 4.99 Å². The first-order chi connectivity index (χ1) is 18.6. The summed E-state index contributed by atoms with van der Waals surface area (Å²) >= 11 is 12.3. The molecule has 0 atom stereocenters. The van der Waals surface area contributed by atoms with E-state index in [1.54, 1.807) is 6.08 Å². The van der Waals surface area contributed by atoms with Gasteiger partial charge in [0.25, 0.3) is 0 Å². The van der Waals surface area contributed by atoms with Gasteiger partial charge in [0.05, 0.1) is 6.54 Å². The first-order valence-electron chi connectivity index (χ1n) is 17.0. The lowest BCUT2D eigenvalue weighted by molar-refractivity contribution is 0.513. The Morgan fingerprint density at radius 1 is 0.421 bits per heavy atom. The summed E-state index contributed by atoms with van der Waals surface area (Å²) in [6, 6.07) is 1.06. The molecule has 0 saturated heterocycles. The highest BCUT2D eigenvalue weighted by Gasteiger charge is 2.19. The molecule has 0 saturated carbocycles. The van der Waals surface area contributed by atoms with Gasteiger partial charge in [-0.1, -0.05) is 180 Å². The quantitative estimate of drug-likeness (QED) is 0.0252. The summed E-state index contributed by atoms with van der Waals surface area (Å²) in [5, 5.41) is 0. The average molecular weight is 591 g/mol. The molecule has 0 aromatic rings. The molecule has 0 N–H and O–H groups in total. The smallest absolute Gasteiger partial charge is 0.211 e. The minimum Gasteiger partial charge on any atom is -0.211 e. The Morgan fingerprint density at radius 2 is 0.632 bits per heavy atom. The molecule has 0 radical (unpaired) electrons. The molecule has 2 nitrogen and oxygen atoms in total. The standard InChI is InChI=1S/C33H65Cl2NOSi/c1-38(34,35)32-30-28-26-24-22-20-18-16-14-12-10-8-6-4-2-3-5-7-9-11-13-15-17-19-21-23-25-27-29-31-36-33-37/h2-32H2,1H3. The third-order valence-electron chi connectivity index (χ3n) is 7.95. The molecule has 0 aromatic heterocycles. The molecular weight excluding hydrogens is 525 g/mol. The molecule has 0 aliphatic rings. The monoisotopic (exact) mass is 589 g/mol. The average Bonchev–Trinajstić information content (AvgIpc) is 2.88. The van der Waals surface area contributed by atoms with Crippen molar-refractivity contribution in [3.8, 4) is 0 Å². The van der Waals surface area contributed by atoms with Gasteiger partial charge in [0.1, 0.15) is 0 Å². The number of nitrogens with zero attached hydrogens (tertiary/aromatic N) is 1. The van der Waals surface area contributed by atoms with Crippen molar-refractivity contribution in [3.63, 3.8) is 0 Å².